The van der Waals surface area contributed by atoms with Gasteiger partial charge >= 0.3 is 0 Å². The molecule has 0 unspecified atom stereocenters. The minimum atomic E-state index is -0.609. The summed E-state index contributed by atoms with van der Waals surface area (Å²) in [6.45, 7) is 4.31. The van der Waals surface area contributed by atoms with Crippen molar-refractivity contribution >= 4 is 35.2 Å². The highest BCUT2D eigenvalue weighted by atomic mass is 32.2. The van der Waals surface area contributed by atoms with Crippen molar-refractivity contribution in [2.24, 2.45) is 5.92 Å². The summed E-state index contributed by atoms with van der Waals surface area (Å²) in [7, 11) is 0. The first-order valence-corrected chi connectivity index (χ1v) is 9.21. The molecule has 2 atom stereocenters. The van der Waals surface area contributed by atoms with Crippen LogP contribution < -0.4 is 15.5 Å². The molecule has 0 radical (unpaired) electrons. The fourth-order valence-electron chi connectivity index (χ4n) is 2.62. The molecule has 24 heavy (non-hydrogen) atoms. The minimum Gasteiger partial charge on any atom is -0.355 e. The number of amides is 3. The first-order chi connectivity index (χ1) is 11.5. The van der Waals surface area contributed by atoms with Gasteiger partial charge in [-0.1, -0.05) is 0 Å². The number of carbonyl (C=O) groups is 3. The lowest BCUT2D eigenvalue weighted by molar-refractivity contribution is -0.130. The molecule has 1 aromatic carbocycles. The van der Waals surface area contributed by atoms with E-state index in [4.69, 9.17) is 0 Å². The number of likely N-dealkylation sites (N-methyl/N-ethyl adjacent to an activating group) is 1. The zero-order valence-electron chi connectivity index (χ0n) is 14.2. The van der Waals surface area contributed by atoms with E-state index in [0.29, 0.717) is 13.1 Å². The summed E-state index contributed by atoms with van der Waals surface area (Å²) in [6, 6.07) is 7.08. The predicted molar refractivity (Wildman–Crippen MR) is 95.0 cm³/mol. The number of carbonyl (C=O) groups excluding carboxylic acids is 3. The molecule has 1 aromatic rings. The number of nitrogens with one attached hydrogen (secondary N) is 2. The molecule has 1 saturated heterocycles. The zero-order chi connectivity index (χ0) is 17.7. The molecule has 2 N–H and O–H groups in total. The Morgan fingerprint density at radius 2 is 2.00 bits per heavy atom. The van der Waals surface area contributed by atoms with Gasteiger partial charge < -0.3 is 15.5 Å². The Kier molecular flexibility index (Phi) is 6.25. The highest BCUT2D eigenvalue weighted by Crippen LogP contribution is 2.27. The lowest BCUT2D eigenvalue weighted by Gasteiger charge is -2.18. The van der Waals surface area contributed by atoms with E-state index in [0.717, 1.165) is 10.6 Å². The second kappa shape index (κ2) is 8.19. The standard InChI is InChI=1S/C17H23N3O3S/c1-4-18-16(22)11(2)19-17(23)12-9-15(21)20(10-12)13-5-7-14(24-3)8-6-13/h5-8,11-12H,4,9-10H2,1-3H3,(H,18,22)(H,19,23)/t11-,12-/m1/s1. The highest BCUT2D eigenvalue weighted by Gasteiger charge is 2.35. The highest BCUT2D eigenvalue weighted by molar-refractivity contribution is 7.98. The van der Waals surface area contributed by atoms with Gasteiger partial charge in [0.05, 0.1) is 5.92 Å². The zero-order valence-corrected chi connectivity index (χ0v) is 15.0. The summed E-state index contributed by atoms with van der Waals surface area (Å²) in [5.74, 6) is -0.989. The molecule has 3 amide bonds. The lowest BCUT2D eigenvalue weighted by Crippen LogP contribution is -2.47. The Labute approximate surface area is 146 Å². The van der Waals surface area contributed by atoms with E-state index in [1.807, 2.05) is 37.4 Å². The van der Waals surface area contributed by atoms with Gasteiger partial charge in [-0.3, -0.25) is 14.4 Å². The van der Waals surface area contributed by atoms with Gasteiger partial charge in [-0.25, -0.2) is 0 Å². The van der Waals surface area contributed by atoms with Gasteiger partial charge in [-0.15, -0.1) is 11.8 Å². The number of rotatable bonds is 6. The van der Waals surface area contributed by atoms with Crippen molar-refractivity contribution in [1.82, 2.24) is 10.6 Å². The van der Waals surface area contributed by atoms with Gasteiger partial charge in [0, 0.05) is 30.1 Å². The molecule has 0 spiro atoms. The number of benzene rings is 1. The van der Waals surface area contributed by atoms with Crippen LogP contribution in [0.4, 0.5) is 5.69 Å². The smallest absolute Gasteiger partial charge is 0.242 e. The second-order valence-electron chi connectivity index (χ2n) is 5.73. The van der Waals surface area contributed by atoms with E-state index in [2.05, 4.69) is 10.6 Å². The molecule has 7 heteroatoms. The molecule has 0 saturated carbocycles. The summed E-state index contributed by atoms with van der Waals surface area (Å²) >= 11 is 1.63. The monoisotopic (exact) mass is 349 g/mol. The molecule has 130 valence electrons. The van der Waals surface area contributed by atoms with Gasteiger partial charge in [-0.2, -0.15) is 0 Å². The Morgan fingerprint density at radius 3 is 2.58 bits per heavy atom. The second-order valence-corrected chi connectivity index (χ2v) is 6.61. The van der Waals surface area contributed by atoms with E-state index >= 15 is 0 Å². The van der Waals surface area contributed by atoms with Crippen LogP contribution in [-0.2, 0) is 14.4 Å². The van der Waals surface area contributed by atoms with Gasteiger partial charge in [0.2, 0.25) is 17.7 Å². The van der Waals surface area contributed by atoms with Gasteiger partial charge in [0.15, 0.2) is 0 Å². The van der Waals surface area contributed by atoms with E-state index < -0.39 is 12.0 Å². The van der Waals surface area contributed by atoms with Crippen LogP contribution in [-0.4, -0.2) is 43.1 Å². The molecule has 1 aliphatic rings. The quantitative estimate of drug-likeness (QED) is 0.761. The fraction of sp³-hybridized carbons (Fsp3) is 0.471. The normalized spacial score (nSPS) is 18.4. The van der Waals surface area contributed by atoms with Crippen molar-refractivity contribution < 1.29 is 14.4 Å². The Balaban J connectivity index is 1.98. The van der Waals surface area contributed by atoms with Crippen LogP contribution in [0.1, 0.15) is 20.3 Å². The van der Waals surface area contributed by atoms with Crippen molar-refractivity contribution in [2.75, 3.05) is 24.2 Å². The molecule has 0 bridgehead atoms. The summed E-state index contributed by atoms with van der Waals surface area (Å²) in [5.41, 5.74) is 0.796. The number of nitrogens with zero attached hydrogens (tertiary/aromatic N) is 1. The van der Waals surface area contributed by atoms with Crippen LogP contribution in [0.2, 0.25) is 0 Å². The van der Waals surface area contributed by atoms with E-state index in [9.17, 15) is 14.4 Å². The topological polar surface area (TPSA) is 78.5 Å². The van der Waals surface area contributed by atoms with E-state index in [-0.39, 0.29) is 24.1 Å². The molecule has 6 nitrogen and oxygen atoms in total. The van der Waals surface area contributed by atoms with Crippen molar-refractivity contribution in [2.45, 2.75) is 31.2 Å². The molecule has 1 fully saturated rings. The van der Waals surface area contributed by atoms with Crippen LogP contribution in [0, 0.1) is 5.92 Å². The minimum absolute atomic E-state index is 0.0716. The van der Waals surface area contributed by atoms with Crippen molar-refractivity contribution in [3.8, 4) is 0 Å². The van der Waals surface area contributed by atoms with E-state index in [1.165, 1.54) is 0 Å². The molecule has 0 aromatic heterocycles. The SMILES string of the molecule is CCNC(=O)[C@@H](C)NC(=O)[C@@H]1CC(=O)N(c2ccc(SC)cc2)C1. The third kappa shape index (κ3) is 4.29. The van der Waals surface area contributed by atoms with Gasteiger partial charge in [-0.05, 0) is 44.4 Å². The molecular formula is C17H23N3O3S. The Hall–Kier alpha value is -2.02. The third-order valence-corrected chi connectivity index (χ3v) is 4.73. The van der Waals surface area contributed by atoms with Crippen LogP contribution in [0.15, 0.2) is 29.2 Å². The van der Waals surface area contributed by atoms with Gasteiger partial charge in [0.1, 0.15) is 6.04 Å². The number of hydrogen-bond acceptors (Lipinski definition) is 4. The average molecular weight is 349 g/mol. The summed E-state index contributed by atoms with van der Waals surface area (Å²) in [5, 5.41) is 5.35. The number of anilines is 1. The number of hydrogen-bond donors (Lipinski definition) is 2. The summed E-state index contributed by atoms with van der Waals surface area (Å²) in [6.07, 6.45) is 2.16. The van der Waals surface area contributed by atoms with Crippen LogP contribution >= 0.6 is 11.8 Å². The predicted octanol–water partition coefficient (Wildman–Crippen LogP) is 1.40. The lowest BCUT2D eigenvalue weighted by atomic mass is 10.1. The third-order valence-electron chi connectivity index (χ3n) is 3.98. The number of thioether (sulfide) groups is 1. The molecule has 2 rings (SSSR count). The fourth-order valence-corrected chi connectivity index (χ4v) is 3.03. The molecular weight excluding hydrogens is 326 g/mol. The van der Waals surface area contributed by atoms with Crippen molar-refractivity contribution in [1.29, 1.82) is 0 Å². The maximum Gasteiger partial charge on any atom is 0.242 e. The largest absolute Gasteiger partial charge is 0.355 e. The molecule has 1 aliphatic heterocycles. The first kappa shape index (κ1) is 18.3. The van der Waals surface area contributed by atoms with Gasteiger partial charge in [0.25, 0.3) is 0 Å². The van der Waals surface area contributed by atoms with E-state index in [1.54, 1.807) is 23.6 Å². The maximum atomic E-state index is 12.3. The Morgan fingerprint density at radius 1 is 1.33 bits per heavy atom. The average Bonchev–Trinajstić information content (AvgIpc) is 2.97. The van der Waals surface area contributed by atoms with Crippen molar-refractivity contribution in [3.05, 3.63) is 24.3 Å². The van der Waals surface area contributed by atoms with Crippen LogP contribution in [0.5, 0.6) is 0 Å². The van der Waals surface area contributed by atoms with Crippen LogP contribution in [0.25, 0.3) is 0 Å². The molecule has 0 aliphatic carbocycles. The maximum absolute atomic E-state index is 12.3. The Bertz CT molecular complexity index is 618. The first-order valence-electron chi connectivity index (χ1n) is 7.98. The van der Waals surface area contributed by atoms with Crippen molar-refractivity contribution in [3.63, 3.8) is 0 Å². The summed E-state index contributed by atoms with van der Waals surface area (Å²) in [4.78, 5) is 39.0. The summed E-state index contributed by atoms with van der Waals surface area (Å²) < 4.78 is 0. The van der Waals surface area contributed by atoms with Crippen LogP contribution in [0.3, 0.4) is 0 Å². The molecule has 1 heterocycles.